The molecule has 96 valence electrons. The van der Waals surface area contributed by atoms with Crippen LogP contribution in [0.25, 0.3) is 0 Å². The van der Waals surface area contributed by atoms with Gasteiger partial charge in [-0.1, -0.05) is 31.6 Å². The quantitative estimate of drug-likeness (QED) is 0.599. The third kappa shape index (κ3) is 4.83. The van der Waals surface area contributed by atoms with Gasteiger partial charge in [0.05, 0.1) is 4.92 Å². The molecule has 0 fully saturated rings. The Balaban J connectivity index is 2.36. The third-order valence-electron chi connectivity index (χ3n) is 2.91. The Morgan fingerprint density at radius 1 is 1.47 bits per heavy atom. The van der Waals surface area contributed by atoms with E-state index in [1.165, 1.54) is 17.8 Å². The highest BCUT2D eigenvalue weighted by molar-refractivity contribution is 7.15. The standard InChI is InChI=1S/C12H20N2O2S/c1-4-9(2)7-10(3)13-8-11-5-6-12(17-11)14(15)16/h5-6,9-10,13H,4,7-8H2,1-3H3. The van der Waals surface area contributed by atoms with Crippen molar-refractivity contribution in [3.05, 3.63) is 27.1 Å². The van der Waals surface area contributed by atoms with E-state index in [0.29, 0.717) is 6.04 Å². The molecule has 1 rings (SSSR count). The maximum absolute atomic E-state index is 10.5. The van der Waals surface area contributed by atoms with E-state index >= 15 is 0 Å². The van der Waals surface area contributed by atoms with Crippen LogP contribution in [0.2, 0.25) is 0 Å². The fraction of sp³-hybridized carbons (Fsp3) is 0.667. The normalized spacial score (nSPS) is 14.5. The minimum absolute atomic E-state index is 0.219. The van der Waals surface area contributed by atoms with Crippen molar-refractivity contribution in [3.8, 4) is 0 Å². The van der Waals surface area contributed by atoms with Gasteiger partial charge in [0.2, 0.25) is 0 Å². The van der Waals surface area contributed by atoms with Gasteiger partial charge in [-0.15, -0.1) is 0 Å². The molecule has 0 aliphatic rings. The number of nitro groups is 1. The molecule has 0 aromatic carbocycles. The topological polar surface area (TPSA) is 55.2 Å². The van der Waals surface area contributed by atoms with E-state index in [1.54, 1.807) is 6.07 Å². The maximum atomic E-state index is 10.5. The molecule has 1 aromatic rings. The highest BCUT2D eigenvalue weighted by Crippen LogP contribution is 2.23. The second-order valence-electron chi connectivity index (χ2n) is 4.53. The molecule has 5 heteroatoms. The molecule has 1 N–H and O–H groups in total. The summed E-state index contributed by atoms with van der Waals surface area (Å²) in [6.45, 7) is 7.32. The zero-order chi connectivity index (χ0) is 12.8. The van der Waals surface area contributed by atoms with E-state index in [-0.39, 0.29) is 9.92 Å². The Hall–Kier alpha value is -0.940. The zero-order valence-electron chi connectivity index (χ0n) is 10.6. The highest BCUT2D eigenvalue weighted by atomic mass is 32.1. The van der Waals surface area contributed by atoms with Crippen LogP contribution in [0, 0.1) is 16.0 Å². The summed E-state index contributed by atoms with van der Waals surface area (Å²) in [5, 5.41) is 14.2. The van der Waals surface area contributed by atoms with Crippen LogP contribution in [0.5, 0.6) is 0 Å². The maximum Gasteiger partial charge on any atom is 0.324 e. The van der Waals surface area contributed by atoms with Crippen LogP contribution in [0.15, 0.2) is 12.1 Å². The number of nitrogens with one attached hydrogen (secondary N) is 1. The Morgan fingerprint density at radius 3 is 2.71 bits per heavy atom. The molecule has 2 atom stereocenters. The minimum atomic E-state index is -0.337. The van der Waals surface area contributed by atoms with Crippen LogP contribution < -0.4 is 5.32 Å². The van der Waals surface area contributed by atoms with Crippen LogP contribution in [0.1, 0.15) is 38.5 Å². The van der Waals surface area contributed by atoms with E-state index in [9.17, 15) is 10.1 Å². The van der Waals surface area contributed by atoms with Gasteiger partial charge in [0.15, 0.2) is 0 Å². The van der Waals surface area contributed by atoms with Crippen molar-refractivity contribution in [1.29, 1.82) is 0 Å². The fourth-order valence-electron chi connectivity index (χ4n) is 1.69. The molecule has 0 aliphatic carbocycles. The zero-order valence-corrected chi connectivity index (χ0v) is 11.4. The Kier molecular flexibility index (Phi) is 5.58. The smallest absolute Gasteiger partial charge is 0.309 e. The lowest BCUT2D eigenvalue weighted by Crippen LogP contribution is -2.26. The van der Waals surface area contributed by atoms with E-state index in [0.717, 1.165) is 23.8 Å². The van der Waals surface area contributed by atoms with Gasteiger partial charge in [0.1, 0.15) is 0 Å². The van der Waals surface area contributed by atoms with Gasteiger partial charge < -0.3 is 5.32 Å². The lowest BCUT2D eigenvalue weighted by atomic mass is 10.0. The average molecular weight is 256 g/mol. The molecule has 0 bridgehead atoms. The van der Waals surface area contributed by atoms with E-state index < -0.39 is 0 Å². The molecule has 0 radical (unpaired) electrons. The molecule has 0 saturated heterocycles. The van der Waals surface area contributed by atoms with Crippen molar-refractivity contribution in [2.75, 3.05) is 0 Å². The second-order valence-corrected chi connectivity index (χ2v) is 5.67. The predicted molar refractivity (Wildman–Crippen MR) is 71.3 cm³/mol. The molecule has 2 unspecified atom stereocenters. The first kappa shape index (κ1) is 14.1. The van der Waals surface area contributed by atoms with Gasteiger partial charge in [-0.3, -0.25) is 10.1 Å². The number of thiophene rings is 1. The highest BCUT2D eigenvalue weighted by Gasteiger charge is 2.11. The second kappa shape index (κ2) is 6.71. The lowest BCUT2D eigenvalue weighted by Gasteiger charge is -2.16. The molecule has 4 nitrogen and oxygen atoms in total. The molecule has 0 spiro atoms. The van der Waals surface area contributed by atoms with Crippen LogP contribution in [-0.2, 0) is 6.54 Å². The van der Waals surface area contributed by atoms with Gasteiger partial charge in [0.25, 0.3) is 0 Å². The first-order valence-electron chi connectivity index (χ1n) is 5.99. The summed E-state index contributed by atoms with van der Waals surface area (Å²) in [6, 6.07) is 3.85. The Labute approximate surface area is 106 Å². The summed E-state index contributed by atoms with van der Waals surface area (Å²) in [7, 11) is 0. The van der Waals surface area contributed by atoms with Crippen molar-refractivity contribution in [2.45, 2.75) is 46.2 Å². The van der Waals surface area contributed by atoms with Crippen molar-refractivity contribution in [1.82, 2.24) is 5.32 Å². The van der Waals surface area contributed by atoms with Crippen molar-refractivity contribution in [2.24, 2.45) is 5.92 Å². The van der Waals surface area contributed by atoms with Gasteiger partial charge >= 0.3 is 5.00 Å². The molecular formula is C12H20N2O2S. The van der Waals surface area contributed by atoms with E-state index in [2.05, 4.69) is 26.1 Å². The number of hydrogen-bond donors (Lipinski definition) is 1. The fourth-order valence-corrected chi connectivity index (χ4v) is 2.46. The van der Waals surface area contributed by atoms with Gasteiger partial charge in [-0.25, -0.2) is 0 Å². The van der Waals surface area contributed by atoms with Crippen LogP contribution in [-0.4, -0.2) is 11.0 Å². The van der Waals surface area contributed by atoms with Gasteiger partial charge in [-0.05, 0) is 25.3 Å². The lowest BCUT2D eigenvalue weighted by molar-refractivity contribution is -0.380. The van der Waals surface area contributed by atoms with Crippen LogP contribution >= 0.6 is 11.3 Å². The summed E-state index contributed by atoms with van der Waals surface area (Å²) >= 11 is 1.25. The predicted octanol–water partition coefficient (Wildman–Crippen LogP) is 3.57. The number of rotatable bonds is 7. The minimum Gasteiger partial charge on any atom is -0.309 e. The summed E-state index contributed by atoms with van der Waals surface area (Å²) in [5.41, 5.74) is 0. The van der Waals surface area contributed by atoms with Crippen molar-refractivity contribution in [3.63, 3.8) is 0 Å². The number of nitrogens with zero attached hydrogens (tertiary/aromatic N) is 1. The SMILES string of the molecule is CCC(C)CC(C)NCc1ccc([N+](=O)[O-])s1. The molecule has 1 heterocycles. The molecular weight excluding hydrogens is 236 g/mol. The summed E-state index contributed by atoms with van der Waals surface area (Å²) < 4.78 is 0. The van der Waals surface area contributed by atoms with Crippen molar-refractivity contribution >= 4 is 16.3 Å². The molecule has 17 heavy (non-hydrogen) atoms. The molecule has 0 aliphatic heterocycles. The van der Waals surface area contributed by atoms with E-state index in [1.807, 2.05) is 6.07 Å². The molecule has 0 saturated carbocycles. The summed E-state index contributed by atoms with van der Waals surface area (Å²) in [5.74, 6) is 0.718. The molecule has 0 amide bonds. The summed E-state index contributed by atoms with van der Waals surface area (Å²) in [6.07, 6.45) is 2.33. The number of hydrogen-bond acceptors (Lipinski definition) is 4. The molecule has 1 aromatic heterocycles. The van der Waals surface area contributed by atoms with Gasteiger partial charge in [-0.2, -0.15) is 0 Å². The van der Waals surface area contributed by atoms with Crippen molar-refractivity contribution < 1.29 is 4.92 Å². The van der Waals surface area contributed by atoms with E-state index in [4.69, 9.17) is 0 Å². The van der Waals surface area contributed by atoms with Crippen LogP contribution in [0.3, 0.4) is 0 Å². The third-order valence-corrected chi connectivity index (χ3v) is 3.94. The average Bonchev–Trinajstić information content (AvgIpc) is 2.75. The Morgan fingerprint density at radius 2 is 2.18 bits per heavy atom. The van der Waals surface area contributed by atoms with Crippen LogP contribution in [0.4, 0.5) is 5.00 Å². The first-order valence-corrected chi connectivity index (χ1v) is 6.81. The first-order chi connectivity index (χ1) is 8.02. The largest absolute Gasteiger partial charge is 0.324 e. The van der Waals surface area contributed by atoms with Gasteiger partial charge in [0, 0.05) is 23.5 Å². The summed E-state index contributed by atoms with van der Waals surface area (Å²) in [4.78, 5) is 11.2. The Bertz CT molecular complexity index is 365. The monoisotopic (exact) mass is 256 g/mol.